The average molecular weight is 299 g/mol. The molecule has 5 nitrogen and oxygen atoms in total. The Balaban J connectivity index is 2.79. The van der Waals surface area contributed by atoms with E-state index in [2.05, 4.69) is 10.6 Å². The third kappa shape index (κ3) is 4.42. The summed E-state index contributed by atoms with van der Waals surface area (Å²) < 4.78 is 0. The van der Waals surface area contributed by atoms with Gasteiger partial charge in [-0.25, -0.2) is 9.59 Å². The number of benzene rings is 1. The monoisotopic (exact) mass is 298 g/mol. The Morgan fingerprint density at radius 1 is 1.30 bits per heavy atom. The molecule has 1 aromatic rings. The van der Waals surface area contributed by atoms with Gasteiger partial charge >= 0.3 is 12.0 Å². The lowest BCUT2D eigenvalue weighted by molar-refractivity contribution is -0.141. The molecule has 0 aliphatic rings. The average Bonchev–Trinajstić information content (AvgIpc) is 2.28. The summed E-state index contributed by atoms with van der Waals surface area (Å²) in [6.45, 7) is 7.11. The van der Waals surface area contributed by atoms with Crippen LogP contribution in [-0.2, 0) is 4.79 Å². The molecule has 0 fully saturated rings. The highest BCUT2D eigenvalue weighted by atomic mass is 35.5. The zero-order valence-electron chi connectivity index (χ0n) is 12.0. The van der Waals surface area contributed by atoms with Crippen molar-refractivity contribution in [3.05, 3.63) is 28.8 Å². The predicted octanol–water partition coefficient (Wildman–Crippen LogP) is 3.27. The maximum absolute atomic E-state index is 11.9. The smallest absolute Gasteiger partial charge is 0.326 e. The summed E-state index contributed by atoms with van der Waals surface area (Å²) in [4.78, 5) is 23.0. The van der Waals surface area contributed by atoms with Gasteiger partial charge in [-0.2, -0.15) is 0 Å². The van der Waals surface area contributed by atoms with Gasteiger partial charge in [0.2, 0.25) is 0 Å². The molecule has 0 saturated carbocycles. The van der Waals surface area contributed by atoms with Gasteiger partial charge in [0.25, 0.3) is 0 Å². The van der Waals surface area contributed by atoms with Crippen molar-refractivity contribution in [2.24, 2.45) is 5.41 Å². The van der Waals surface area contributed by atoms with E-state index in [1.54, 1.807) is 39.0 Å². The number of halogens is 1. The van der Waals surface area contributed by atoms with Crippen LogP contribution >= 0.6 is 11.6 Å². The van der Waals surface area contributed by atoms with Crippen molar-refractivity contribution < 1.29 is 14.7 Å². The molecule has 0 radical (unpaired) electrons. The quantitative estimate of drug-likeness (QED) is 0.801. The van der Waals surface area contributed by atoms with E-state index in [0.29, 0.717) is 10.7 Å². The fourth-order valence-corrected chi connectivity index (χ4v) is 1.94. The minimum absolute atomic E-state index is 0.405. The number of anilines is 1. The third-order valence-corrected chi connectivity index (χ3v) is 3.07. The normalized spacial score (nSPS) is 12.7. The van der Waals surface area contributed by atoms with E-state index >= 15 is 0 Å². The van der Waals surface area contributed by atoms with Gasteiger partial charge in [-0.05, 0) is 30.0 Å². The van der Waals surface area contributed by atoms with Crippen molar-refractivity contribution in [2.45, 2.75) is 33.7 Å². The SMILES string of the molecule is Cc1ccc(NC(=O)N[C@H](C(=O)O)C(C)(C)C)c(Cl)c1. The lowest BCUT2D eigenvalue weighted by Crippen LogP contribution is -2.50. The van der Waals surface area contributed by atoms with E-state index in [0.717, 1.165) is 5.56 Å². The summed E-state index contributed by atoms with van der Waals surface area (Å²) in [7, 11) is 0. The van der Waals surface area contributed by atoms with Crippen molar-refractivity contribution in [1.82, 2.24) is 5.32 Å². The lowest BCUT2D eigenvalue weighted by Gasteiger charge is -2.27. The molecule has 0 bridgehead atoms. The summed E-state index contributed by atoms with van der Waals surface area (Å²) in [5.74, 6) is -1.08. The van der Waals surface area contributed by atoms with E-state index in [9.17, 15) is 9.59 Å². The minimum Gasteiger partial charge on any atom is -0.480 e. The van der Waals surface area contributed by atoms with Crippen molar-refractivity contribution in [3.8, 4) is 0 Å². The fraction of sp³-hybridized carbons (Fsp3) is 0.429. The number of amides is 2. The number of rotatable bonds is 3. The van der Waals surface area contributed by atoms with Gasteiger partial charge in [-0.15, -0.1) is 0 Å². The van der Waals surface area contributed by atoms with Crippen LogP contribution in [0.15, 0.2) is 18.2 Å². The van der Waals surface area contributed by atoms with E-state index in [-0.39, 0.29) is 0 Å². The number of aliphatic carboxylic acids is 1. The molecule has 2 amide bonds. The van der Waals surface area contributed by atoms with Crippen LogP contribution in [0.5, 0.6) is 0 Å². The van der Waals surface area contributed by atoms with E-state index in [4.69, 9.17) is 16.7 Å². The standard InChI is InChI=1S/C14H19ClN2O3/c1-8-5-6-10(9(15)7-8)16-13(20)17-11(12(18)19)14(2,3)4/h5-7,11H,1-4H3,(H,18,19)(H2,16,17,20)/t11-/m1/s1. The number of nitrogens with one attached hydrogen (secondary N) is 2. The minimum atomic E-state index is -1.08. The highest BCUT2D eigenvalue weighted by Gasteiger charge is 2.32. The van der Waals surface area contributed by atoms with Crippen molar-refractivity contribution in [1.29, 1.82) is 0 Å². The van der Waals surface area contributed by atoms with Gasteiger partial charge in [0.05, 0.1) is 10.7 Å². The molecular formula is C14H19ClN2O3. The summed E-state index contributed by atoms with van der Waals surface area (Å²) in [6, 6.07) is 3.60. The first kappa shape index (κ1) is 16.3. The molecule has 1 rings (SSSR count). The van der Waals surface area contributed by atoms with Crippen LogP contribution in [0.4, 0.5) is 10.5 Å². The number of carboxylic acids is 1. The molecule has 0 aliphatic carbocycles. The zero-order chi connectivity index (χ0) is 15.5. The molecule has 0 saturated heterocycles. The van der Waals surface area contributed by atoms with Crippen molar-refractivity contribution in [2.75, 3.05) is 5.32 Å². The van der Waals surface area contributed by atoms with Gasteiger partial charge in [-0.1, -0.05) is 38.4 Å². The van der Waals surface area contributed by atoms with Crippen LogP contribution in [0.1, 0.15) is 26.3 Å². The van der Waals surface area contributed by atoms with Crippen molar-refractivity contribution in [3.63, 3.8) is 0 Å². The van der Waals surface area contributed by atoms with Gasteiger partial charge in [0, 0.05) is 0 Å². The maximum atomic E-state index is 11.9. The third-order valence-electron chi connectivity index (χ3n) is 2.76. The Bertz CT molecular complexity index is 524. The second-order valence-electron chi connectivity index (χ2n) is 5.72. The number of urea groups is 1. The molecule has 1 atom stereocenters. The number of hydrogen-bond donors (Lipinski definition) is 3. The maximum Gasteiger partial charge on any atom is 0.326 e. The summed E-state index contributed by atoms with van der Waals surface area (Å²) in [5, 5.41) is 14.5. The van der Waals surface area contributed by atoms with Gasteiger partial charge in [0.15, 0.2) is 0 Å². The zero-order valence-corrected chi connectivity index (χ0v) is 12.7. The molecule has 0 heterocycles. The fourth-order valence-electron chi connectivity index (χ4n) is 1.66. The molecule has 6 heteroatoms. The van der Waals surface area contributed by atoms with Gasteiger partial charge < -0.3 is 15.7 Å². The molecule has 110 valence electrons. The van der Waals surface area contributed by atoms with Gasteiger partial charge in [0.1, 0.15) is 6.04 Å². The van der Waals surface area contributed by atoms with Crippen LogP contribution in [0.25, 0.3) is 0 Å². The van der Waals surface area contributed by atoms with Crippen LogP contribution in [-0.4, -0.2) is 23.1 Å². The van der Waals surface area contributed by atoms with Crippen LogP contribution in [0.2, 0.25) is 5.02 Å². The van der Waals surface area contributed by atoms with E-state index < -0.39 is 23.5 Å². The first-order valence-electron chi connectivity index (χ1n) is 6.17. The Hall–Kier alpha value is -1.75. The van der Waals surface area contributed by atoms with Crippen LogP contribution in [0, 0.1) is 12.3 Å². The second-order valence-corrected chi connectivity index (χ2v) is 6.13. The number of carboxylic acid groups (broad SMARTS) is 1. The predicted molar refractivity (Wildman–Crippen MR) is 79.2 cm³/mol. The molecular weight excluding hydrogens is 280 g/mol. The van der Waals surface area contributed by atoms with E-state index in [1.807, 2.05) is 6.92 Å². The lowest BCUT2D eigenvalue weighted by atomic mass is 9.87. The van der Waals surface area contributed by atoms with Crippen LogP contribution < -0.4 is 10.6 Å². The number of aryl methyl sites for hydroxylation is 1. The molecule has 0 aromatic heterocycles. The molecule has 0 unspecified atom stereocenters. The highest BCUT2D eigenvalue weighted by Crippen LogP contribution is 2.23. The molecule has 0 spiro atoms. The first-order valence-corrected chi connectivity index (χ1v) is 6.55. The molecule has 20 heavy (non-hydrogen) atoms. The topological polar surface area (TPSA) is 78.4 Å². The number of carbonyl (C=O) groups excluding carboxylic acids is 1. The Kier molecular flexibility index (Phi) is 5.00. The largest absolute Gasteiger partial charge is 0.480 e. The second kappa shape index (κ2) is 6.13. The molecule has 0 aliphatic heterocycles. The Labute approximate surface area is 123 Å². The Morgan fingerprint density at radius 3 is 2.35 bits per heavy atom. The van der Waals surface area contributed by atoms with Gasteiger partial charge in [-0.3, -0.25) is 0 Å². The van der Waals surface area contributed by atoms with Crippen LogP contribution in [0.3, 0.4) is 0 Å². The summed E-state index contributed by atoms with van der Waals surface area (Å²) in [6.07, 6.45) is 0. The summed E-state index contributed by atoms with van der Waals surface area (Å²) in [5.41, 5.74) is 0.812. The van der Waals surface area contributed by atoms with E-state index in [1.165, 1.54) is 0 Å². The number of carbonyl (C=O) groups is 2. The van der Waals surface area contributed by atoms with Crippen molar-refractivity contribution >= 4 is 29.3 Å². The molecule has 3 N–H and O–H groups in total. The molecule has 1 aromatic carbocycles. The number of hydrogen-bond acceptors (Lipinski definition) is 2. The summed E-state index contributed by atoms with van der Waals surface area (Å²) >= 11 is 6.00. The Morgan fingerprint density at radius 2 is 1.90 bits per heavy atom. The highest BCUT2D eigenvalue weighted by molar-refractivity contribution is 6.33. The first-order chi connectivity index (χ1) is 9.11.